The predicted octanol–water partition coefficient (Wildman–Crippen LogP) is 2.80. The van der Waals surface area contributed by atoms with Gasteiger partial charge >= 0.3 is 0 Å². The number of nitrogens with one attached hydrogen (secondary N) is 1. The molecule has 1 aromatic heterocycles. The second-order valence-corrected chi connectivity index (χ2v) is 4.50. The molecule has 2 aromatic rings. The Balaban J connectivity index is 2.27. The first-order valence-corrected chi connectivity index (χ1v) is 6.53. The molecule has 1 atom stereocenters. The highest BCUT2D eigenvalue weighted by Gasteiger charge is 2.08. The number of rotatable bonds is 5. The molecule has 0 saturated heterocycles. The summed E-state index contributed by atoms with van der Waals surface area (Å²) in [5.41, 5.74) is 2.18. The van der Waals surface area contributed by atoms with Crippen LogP contribution in [0.5, 0.6) is 0 Å². The Morgan fingerprint density at radius 3 is 3.05 bits per heavy atom. The molecule has 4 heteroatoms. The van der Waals surface area contributed by atoms with Crippen molar-refractivity contribution in [2.24, 2.45) is 0 Å². The average Bonchev–Trinajstić information content (AvgIpc) is 2.93. The first kappa shape index (κ1) is 13.3. The van der Waals surface area contributed by atoms with E-state index in [0.29, 0.717) is 11.9 Å². The van der Waals surface area contributed by atoms with Gasteiger partial charge in [-0.15, -0.1) is 0 Å². The number of benzene rings is 1. The van der Waals surface area contributed by atoms with Crippen molar-refractivity contribution in [3.63, 3.8) is 0 Å². The van der Waals surface area contributed by atoms with E-state index in [1.165, 1.54) is 5.56 Å². The molecule has 0 spiro atoms. The highest BCUT2D eigenvalue weighted by molar-refractivity contribution is 5.39. The predicted molar refractivity (Wildman–Crippen MR) is 75.0 cm³/mol. The van der Waals surface area contributed by atoms with Gasteiger partial charge in [-0.25, -0.2) is 4.98 Å². The molecule has 0 aliphatic carbocycles. The van der Waals surface area contributed by atoms with Gasteiger partial charge in [-0.1, -0.05) is 19.1 Å². The van der Waals surface area contributed by atoms with Crippen LogP contribution in [0.25, 0.3) is 5.69 Å². The SMILES string of the molecule is CCCNC(C)c1cccc(-n2ccnc2C#N)c1. The van der Waals surface area contributed by atoms with Crippen molar-refractivity contribution in [3.8, 4) is 11.8 Å². The molecule has 0 aliphatic rings. The largest absolute Gasteiger partial charge is 0.310 e. The van der Waals surface area contributed by atoms with Crippen LogP contribution in [0.15, 0.2) is 36.7 Å². The lowest BCUT2D eigenvalue weighted by atomic mass is 10.1. The van der Waals surface area contributed by atoms with Gasteiger partial charge in [0.15, 0.2) is 0 Å². The van der Waals surface area contributed by atoms with E-state index < -0.39 is 0 Å². The van der Waals surface area contributed by atoms with Crippen LogP contribution >= 0.6 is 0 Å². The van der Waals surface area contributed by atoms with Crippen molar-refractivity contribution in [1.29, 1.82) is 5.26 Å². The molecule has 1 N–H and O–H groups in total. The van der Waals surface area contributed by atoms with Gasteiger partial charge in [0, 0.05) is 24.1 Å². The molecule has 0 saturated carbocycles. The van der Waals surface area contributed by atoms with Gasteiger partial charge in [-0.05, 0) is 37.6 Å². The average molecular weight is 254 g/mol. The van der Waals surface area contributed by atoms with Crippen LogP contribution in [0, 0.1) is 11.3 Å². The molecule has 19 heavy (non-hydrogen) atoms. The molecule has 1 unspecified atom stereocenters. The van der Waals surface area contributed by atoms with E-state index >= 15 is 0 Å². The summed E-state index contributed by atoms with van der Waals surface area (Å²) in [7, 11) is 0. The maximum atomic E-state index is 9.02. The third-order valence-electron chi connectivity index (χ3n) is 3.09. The lowest BCUT2D eigenvalue weighted by Gasteiger charge is -2.15. The topological polar surface area (TPSA) is 53.6 Å². The maximum absolute atomic E-state index is 9.02. The van der Waals surface area contributed by atoms with Gasteiger partial charge in [-0.2, -0.15) is 5.26 Å². The maximum Gasteiger partial charge on any atom is 0.217 e. The molecule has 0 aliphatic heterocycles. The van der Waals surface area contributed by atoms with Crippen LogP contribution in [0.1, 0.15) is 37.7 Å². The van der Waals surface area contributed by atoms with E-state index in [4.69, 9.17) is 5.26 Å². The zero-order valence-electron chi connectivity index (χ0n) is 11.3. The standard InChI is InChI=1S/C15H18N4/c1-3-7-17-12(2)13-5-4-6-14(10-13)19-9-8-18-15(19)11-16/h4-6,8-10,12,17H,3,7H2,1-2H3. The number of imidazole rings is 1. The first-order chi connectivity index (χ1) is 9.26. The van der Waals surface area contributed by atoms with Gasteiger partial charge in [0.2, 0.25) is 5.82 Å². The van der Waals surface area contributed by atoms with Gasteiger partial charge in [0.1, 0.15) is 6.07 Å². The van der Waals surface area contributed by atoms with Gasteiger partial charge in [0.25, 0.3) is 0 Å². The summed E-state index contributed by atoms with van der Waals surface area (Å²) in [6.07, 6.45) is 4.57. The Kier molecular flexibility index (Phi) is 4.32. The highest BCUT2D eigenvalue weighted by atomic mass is 15.1. The molecular weight excluding hydrogens is 236 g/mol. The molecule has 2 rings (SSSR count). The lowest BCUT2D eigenvalue weighted by Crippen LogP contribution is -2.19. The summed E-state index contributed by atoms with van der Waals surface area (Å²) in [5.74, 6) is 0.409. The van der Waals surface area contributed by atoms with Crippen molar-refractivity contribution < 1.29 is 0 Å². The van der Waals surface area contributed by atoms with E-state index in [2.05, 4.69) is 42.4 Å². The summed E-state index contributed by atoms with van der Waals surface area (Å²) in [4.78, 5) is 4.02. The number of hydrogen-bond acceptors (Lipinski definition) is 3. The van der Waals surface area contributed by atoms with E-state index in [1.54, 1.807) is 10.8 Å². The fraction of sp³-hybridized carbons (Fsp3) is 0.333. The molecular formula is C15H18N4. The van der Waals surface area contributed by atoms with Crippen LogP contribution in [0.3, 0.4) is 0 Å². The smallest absolute Gasteiger partial charge is 0.217 e. The number of hydrogen-bond donors (Lipinski definition) is 1. The van der Waals surface area contributed by atoms with Crippen molar-refractivity contribution in [1.82, 2.24) is 14.9 Å². The zero-order valence-corrected chi connectivity index (χ0v) is 11.3. The van der Waals surface area contributed by atoms with Crippen molar-refractivity contribution in [2.75, 3.05) is 6.54 Å². The third-order valence-corrected chi connectivity index (χ3v) is 3.09. The van der Waals surface area contributed by atoms with Gasteiger partial charge in [-0.3, -0.25) is 4.57 Å². The minimum Gasteiger partial charge on any atom is -0.310 e. The summed E-state index contributed by atoms with van der Waals surface area (Å²) in [6, 6.07) is 10.6. The van der Waals surface area contributed by atoms with Gasteiger partial charge < -0.3 is 5.32 Å². The van der Waals surface area contributed by atoms with Crippen LogP contribution in [0.2, 0.25) is 0 Å². The van der Waals surface area contributed by atoms with Crippen LogP contribution in [-0.4, -0.2) is 16.1 Å². The summed E-state index contributed by atoms with van der Waals surface area (Å²) in [6.45, 7) is 5.30. The second-order valence-electron chi connectivity index (χ2n) is 4.50. The Bertz CT molecular complexity index is 580. The fourth-order valence-electron chi connectivity index (χ4n) is 2.02. The second kappa shape index (κ2) is 6.17. The zero-order chi connectivity index (χ0) is 13.7. The fourth-order valence-corrected chi connectivity index (χ4v) is 2.02. The monoisotopic (exact) mass is 254 g/mol. The minimum absolute atomic E-state index is 0.300. The number of nitriles is 1. The number of nitrogens with zero attached hydrogens (tertiary/aromatic N) is 3. The summed E-state index contributed by atoms with van der Waals surface area (Å²) in [5, 5.41) is 12.5. The van der Waals surface area contributed by atoms with Crippen LogP contribution in [0.4, 0.5) is 0 Å². The molecule has 0 bridgehead atoms. The molecule has 1 aromatic carbocycles. The Labute approximate surface area is 113 Å². The Hall–Kier alpha value is -2.12. The normalized spacial score (nSPS) is 12.1. The molecule has 0 radical (unpaired) electrons. The summed E-state index contributed by atoms with van der Waals surface area (Å²) >= 11 is 0. The lowest BCUT2D eigenvalue weighted by molar-refractivity contribution is 0.570. The molecule has 0 amide bonds. The van der Waals surface area contributed by atoms with E-state index in [0.717, 1.165) is 18.7 Å². The van der Waals surface area contributed by atoms with Crippen molar-refractivity contribution in [3.05, 3.63) is 48.0 Å². The molecule has 98 valence electrons. The van der Waals surface area contributed by atoms with Crippen LogP contribution in [-0.2, 0) is 0 Å². The third kappa shape index (κ3) is 3.01. The minimum atomic E-state index is 0.300. The number of aromatic nitrogens is 2. The summed E-state index contributed by atoms with van der Waals surface area (Å²) < 4.78 is 1.80. The van der Waals surface area contributed by atoms with E-state index in [1.807, 2.05) is 18.3 Å². The van der Waals surface area contributed by atoms with Crippen molar-refractivity contribution >= 4 is 0 Å². The molecule has 0 fully saturated rings. The van der Waals surface area contributed by atoms with Crippen LogP contribution < -0.4 is 5.32 Å². The Morgan fingerprint density at radius 1 is 1.47 bits per heavy atom. The van der Waals surface area contributed by atoms with E-state index in [-0.39, 0.29) is 0 Å². The molecule has 4 nitrogen and oxygen atoms in total. The van der Waals surface area contributed by atoms with E-state index in [9.17, 15) is 0 Å². The van der Waals surface area contributed by atoms with Gasteiger partial charge in [0.05, 0.1) is 0 Å². The quantitative estimate of drug-likeness (QED) is 0.892. The molecule has 1 heterocycles. The highest BCUT2D eigenvalue weighted by Crippen LogP contribution is 2.17. The first-order valence-electron chi connectivity index (χ1n) is 6.53. The van der Waals surface area contributed by atoms with Crippen molar-refractivity contribution in [2.45, 2.75) is 26.3 Å². The Morgan fingerprint density at radius 2 is 2.32 bits per heavy atom.